The topological polar surface area (TPSA) is 92.6 Å². The maximum absolute atomic E-state index is 12.7. The van der Waals surface area contributed by atoms with E-state index in [9.17, 15) is 27.9 Å². The van der Waals surface area contributed by atoms with E-state index in [2.05, 4.69) is 5.32 Å². The molecule has 0 atom stereocenters. The molecule has 126 valence electrons. The van der Waals surface area contributed by atoms with Crippen molar-refractivity contribution in [2.24, 2.45) is 0 Å². The number of nitrogens with one attached hydrogen (secondary N) is 2. The lowest BCUT2D eigenvalue weighted by molar-refractivity contribution is -0.437. The van der Waals surface area contributed by atoms with Gasteiger partial charge in [-0.25, -0.2) is 0 Å². The predicted molar refractivity (Wildman–Crippen MR) is 72.9 cm³/mol. The lowest BCUT2D eigenvalue weighted by Gasteiger charge is -2.10. The molecule has 0 aliphatic heterocycles. The Kier molecular flexibility index (Phi) is 5.02. The number of carboxylic acid groups (broad SMARTS) is 1. The molecule has 0 aliphatic carbocycles. The number of pyridine rings is 1. The number of benzene rings is 1. The van der Waals surface area contributed by atoms with Crippen molar-refractivity contribution in [2.45, 2.75) is 6.18 Å². The lowest BCUT2D eigenvalue weighted by atomic mass is 10.2. The summed E-state index contributed by atoms with van der Waals surface area (Å²) in [6.45, 7) is -0.980. The van der Waals surface area contributed by atoms with Crippen molar-refractivity contribution in [3.05, 3.63) is 53.7 Å². The van der Waals surface area contributed by atoms with Gasteiger partial charge in [-0.2, -0.15) is 18.2 Å². The summed E-state index contributed by atoms with van der Waals surface area (Å²) < 4.78 is 42.9. The number of hydrogen-bond donors (Lipinski definition) is 1. The van der Waals surface area contributed by atoms with Gasteiger partial charge in [0.15, 0.2) is 5.69 Å². The number of rotatable bonds is 5. The van der Waals surface area contributed by atoms with E-state index in [1.54, 1.807) is 18.2 Å². The number of carboxylic acids is 1. The first kappa shape index (κ1) is 17.3. The van der Waals surface area contributed by atoms with Gasteiger partial charge < -0.3 is 20.0 Å². The number of aliphatic carboxylic acids is 1. The number of halogens is 3. The molecule has 1 amide bonds. The summed E-state index contributed by atoms with van der Waals surface area (Å²) in [6, 6.07) is 9.59. The molecule has 0 saturated heterocycles. The number of aromatic nitrogens is 1. The summed E-state index contributed by atoms with van der Waals surface area (Å²) in [7, 11) is 0. The molecule has 2 aromatic rings. The van der Waals surface area contributed by atoms with Crippen LogP contribution >= 0.6 is 0 Å². The number of hydrogen-bond acceptors (Lipinski definition) is 4. The van der Waals surface area contributed by atoms with Crippen LogP contribution in [0.15, 0.2) is 42.5 Å². The standard InChI is InChI=1S/C15H11F3N2O4/c16-15(17,18)11-7-6-10(14(20-11)24-8-12(21)22)19-13(23)9-4-2-1-3-5-9/h1-7H,8H2,(H,19,23)(H,21,22). The Labute approximate surface area is 133 Å². The Hall–Kier alpha value is -3.10. The average molecular weight is 340 g/mol. The lowest BCUT2D eigenvalue weighted by Crippen LogP contribution is -2.32. The van der Waals surface area contributed by atoms with Gasteiger partial charge in [0.05, 0.1) is 5.97 Å². The second-order valence-electron chi connectivity index (χ2n) is 4.59. The van der Waals surface area contributed by atoms with Gasteiger partial charge in [-0.05, 0) is 18.2 Å². The van der Waals surface area contributed by atoms with E-state index in [0.717, 1.165) is 6.07 Å². The number of carbonyl (C=O) groups excluding carboxylic acids is 2. The maximum atomic E-state index is 12.7. The summed E-state index contributed by atoms with van der Waals surface area (Å²) in [6.07, 6.45) is -4.69. The van der Waals surface area contributed by atoms with Crippen LogP contribution in [-0.4, -0.2) is 18.5 Å². The normalized spacial score (nSPS) is 11.0. The minimum absolute atomic E-state index is 0.141. The highest BCUT2D eigenvalue weighted by atomic mass is 19.4. The minimum Gasteiger partial charge on any atom is -0.546 e. The van der Waals surface area contributed by atoms with Crippen LogP contribution in [0.25, 0.3) is 0 Å². The highest BCUT2D eigenvalue weighted by Crippen LogP contribution is 2.29. The van der Waals surface area contributed by atoms with Gasteiger partial charge in [0.25, 0.3) is 11.6 Å². The van der Waals surface area contributed by atoms with Gasteiger partial charge in [-0.3, -0.25) is 4.79 Å². The number of anilines is 1. The van der Waals surface area contributed by atoms with Crippen LogP contribution in [0.2, 0.25) is 0 Å². The van der Waals surface area contributed by atoms with Gasteiger partial charge in [0, 0.05) is 11.6 Å². The Balaban J connectivity index is 2.30. The van der Waals surface area contributed by atoms with E-state index in [1.807, 2.05) is 4.98 Å². The van der Waals surface area contributed by atoms with Crippen molar-refractivity contribution < 1.29 is 37.6 Å². The smallest absolute Gasteiger partial charge is 0.477 e. The summed E-state index contributed by atoms with van der Waals surface area (Å²) in [5, 5.41) is 12.8. The first-order chi connectivity index (χ1) is 11.3. The molecule has 0 fully saturated rings. The Bertz CT molecular complexity index is 748. The van der Waals surface area contributed by atoms with E-state index >= 15 is 0 Å². The third-order valence-corrected chi connectivity index (χ3v) is 2.83. The maximum Gasteiger partial charge on any atom is 0.477 e. The summed E-state index contributed by atoms with van der Waals surface area (Å²) >= 11 is 0. The average Bonchev–Trinajstić information content (AvgIpc) is 2.53. The molecule has 0 aliphatic rings. The fourth-order valence-corrected chi connectivity index (χ4v) is 1.77. The first-order valence-corrected chi connectivity index (χ1v) is 6.60. The van der Waals surface area contributed by atoms with Crippen LogP contribution in [0, 0.1) is 0 Å². The number of amides is 1. The largest absolute Gasteiger partial charge is 0.546 e. The van der Waals surface area contributed by atoms with Crippen LogP contribution < -0.4 is 20.1 Å². The molecule has 0 spiro atoms. The predicted octanol–water partition coefficient (Wildman–Crippen LogP) is 0.900. The third-order valence-electron chi connectivity index (χ3n) is 2.83. The van der Waals surface area contributed by atoms with Crippen molar-refractivity contribution in [1.82, 2.24) is 0 Å². The van der Waals surface area contributed by atoms with Crippen molar-refractivity contribution in [2.75, 3.05) is 11.9 Å². The van der Waals surface area contributed by atoms with E-state index in [1.165, 1.54) is 12.1 Å². The first-order valence-electron chi connectivity index (χ1n) is 6.60. The SMILES string of the molecule is O=C([O-])COc1[nH+]c(C(F)(F)F)ccc1NC(=O)c1ccccc1. The van der Waals surface area contributed by atoms with Crippen molar-refractivity contribution in [3.63, 3.8) is 0 Å². The molecule has 9 heteroatoms. The number of ether oxygens (including phenoxy) is 1. The molecule has 1 heterocycles. The molecule has 0 bridgehead atoms. The zero-order valence-electron chi connectivity index (χ0n) is 12.0. The highest BCUT2D eigenvalue weighted by molar-refractivity contribution is 6.04. The zero-order chi connectivity index (χ0) is 17.7. The summed E-state index contributed by atoms with van der Waals surface area (Å²) in [5.41, 5.74) is -1.03. The molecular formula is C15H11F3N2O4. The van der Waals surface area contributed by atoms with Crippen LogP contribution in [-0.2, 0) is 11.0 Å². The van der Waals surface area contributed by atoms with E-state index in [-0.39, 0.29) is 11.3 Å². The molecule has 6 nitrogen and oxygen atoms in total. The highest BCUT2D eigenvalue weighted by Gasteiger charge is 2.39. The molecule has 1 aromatic heterocycles. The monoisotopic (exact) mass is 340 g/mol. The molecule has 1 aromatic carbocycles. The Morgan fingerprint density at radius 3 is 2.38 bits per heavy atom. The second-order valence-corrected chi connectivity index (χ2v) is 4.59. The van der Waals surface area contributed by atoms with Gasteiger partial charge in [0.1, 0.15) is 6.61 Å². The third kappa shape index (κ3) is 4.45. The molecule has 0 radical (unpaired) electrons. The van der Waals surface area contributed by atoms with Crippen LogP contribution in [0.5, 0.6) is 5.88 Å². The summed E-state index contributed by atoms with van der Waals surface area (Å²) in [4.78, 5) is 24.4. The number of aromatic amines is 1. The van der Waals surface area contributed by atoms with Crippen molar-refractivity contribution >= 4 is 17.6 Å². The molecule has 24 heavy (non-hydrogen) atoms. The quantitative estimate of drug-likeness (QED) is 0.875. The molecule has 2 N–H and O–H groups in total. The van der Waals surface area contributed by atoms with Crippen molar-refractivity contribution in [3.8, 4) is 5.88 Å². The number of H-pyrrole nitrogens is 1. The van der Waals surface area contributed by atoms with Crippen LogP contribution in [0.1, 0.15) is 16.1 Å². The van der Waals surface area contributed by atoms with Gasteiger partial charge in [-0.1, -0.05) is 18.2 Å². The second kappa shape index (κ2) is 6.99. The van der Waals surface area contributed by atoms with Crippen LogP contribution in [0.4, 0.5) is 18.9 Å². The number of alkyl halides is 3. The summed E-state index contributed by atoms with van der Waals surface area (Å²) in [5.74, 6) is -2.76. The molecule has 0 saturated carbocycles. The zero-order valence-corrected chi connectivity index (χ0v) is 12.0. The van der Waals surface area contributed by atoms with E-state index in [4.69, 9.17) is 4.74 Å². The van der Waals surface area contributed by atoms with Crippen molar-refractivity contribution in [1.29, 1.82) is 0 Å². The molecule has 2 rings (SSSR count). The van der Waals surface area contributed by atoms with Crippen LogP contribution in [0.3, 0.4) is 0 Å². The Morgan fingerprint density at radius 2 is 1.79 bits per heavy atom. The minimum atomic E-state index is -4.69. The fraction of sp³-hybridized carbons (Fsp3) is 0.133. The van der Waals surface area contributed by atoms with Gasteiger partial charge in [0.2, 0.25) is 0 Å². The fourth-order valence-electron chi connectivity index (χ4n) is 1.77. The molecule has 0 unspecified atom stereocenters. The van der Waals surface area contributed by atoms with E-state index < -0.39 is 36.2 Å². The van der Waals surface area contributed by atoms with Gasteiger partial charge in [-0.15, -0.1) is 0 Å². The number of carbonyl (C=O) groups is 2. The van der Waals surface area contributed by atoms with Gasteiger partial charge >= 0.3 is 12.1 Å². The Morgan fingerprint density at radius 1 is 1.12 bits per heavy atom. The van der Waals surface area contributed by atoms with E-state index in [0.29, 0.717) is 6.07 Å². The molecular weight excluding hydrogens is 329 g/mol.